The second-order valence-electron chi connectivity index (χ2n) is 5.08. The highest BCUT2D eigenvalue weighted by Gasteiger charge is 2.45. The summed E-state index contributed by atoms with van der Waals surface area (Å²) in [7, 11) is 0. The Labute approximate surface area is 109 Å². The number of carboxylic acid groups (broad SMARTS) is 1. The standard InChI is InChI=1S/C13H16N2O4/c1-13(12(18)19)5-2-3-9(13)15-11(17)8-4-6-14-10(16)7-8/h4,6-7,9H,2-3,5H2,1H3,(H,14,16)(H,15,17)(H,18,19). The zero-order chi connectivity index (χ0) is 14.0. The fourth-order valence-corrected chi connectivity index (χ4v) is 2.48. The highest BCUT2D eigenvalue weighted by molar-refractivity contribution is 5.94. The minimum Gasteiger partial charge on any atom is -0.481 e. The van der Waals surface area contributed by atoms with E-state index in [0.717, 1.165) is 6.42 Å². The lowest BCUT2D eigenvalue weighted by Gasteiger charge is -2.27. The second-order valence-corrected chi connectivity index (χ2v) is 5.08. The van der Waals surface area contributed by atoms with Gasteiger partial charge >= 0.3 is 5.97 Å². The van der Waals surface area contributed by atoms with E-state index < -0.39 is 23.3 Å². The van der Waals surface area contributed by atoms with Crippen molar-refractivity contribution in [3.05, 3.63) is 34.2 Å². The molecule has 0 spiro atoms. The number of H-pyrrole nitrogens is 1. The molecule has 3 N–H and O–H groups in total. The molecule has 1 aromatic rings. The number of amides is 1. The van der Waals surface area contributed by atoms with E-state index in [-0.39, 0.29) is 11.1 Å². The first-order chi connectivity index (χ1) is 8.93. The SMILES string of the molecule is CC1(C(=O)O)CCCC1NC(=O)c1cc[nH]c(=O)c1. The molecule has 0 aliphatic heterocycles. The Morgan fingerprint density at radius 1 is 1.53 bits per heavy atom. The largest absolute Gasteiger partial charge is 0.481 e. The number of hydrogen-bond acceptors (Lipinski definition) is 3. The number of rotatable bonds is 3. The van der Waals surface area contributed by atoms with Gasteiger partial charge in [0.15, 0.2) is 0 Å². The molecule has 19 heavy (non-hydrogen) atoms. The van der Waals surface area contributed by atoms with Crippen LogP contribution in [0.15, 0.2) is 23.1 Å². The zero-order valence-corrected chi connectivity index (χ0v) is 10.6. The van der Waals surface area contributed by atoms with Crippen molar-refractivity contribution in [2.75, 3.05) is 0 Å². The molecule has 2 rings (SSSR count). The summed E-state index contributed by atoms with van der Waals surface area (Å²) < 4.78 is 0. The Kier molecular flexibility index (Phi) is 3.42. The monoisotopic (exact) mass is 264 g/mol. The fourth-order valence-electron chi connectivity index (χ4n) is 2.48. The number of aliphatic carboxylic acids is 1. The predicted molar refractivity (Wildman–Crippen MR) is 67.9 cm³/mol. The Morgan fingerprint density at radius 2 is 2.26 bits per heavy atom. The zero-order valence-electron chi connectivity index (χ0n) is 10.6. The number of hydrogen-bond donors (Lipinski definition) is 3. The number of carbonyl (C=O) groups excluding carboxylic acids is 1. The molecule has 0 radical (unpaired) electrons. The number of aromatic nitrogens is 1. The van der Waals surface area contributed by atoms with Gasteiger partial charge in [-0.1, -0.05) is 6.42 Å². The van der Waals surface area contributed by atoms with Gasteiger partial charge in [0.2, 0.25) is 5.56 Å². The Hall–Kier alpha value is -2.11. The topological polar surface area (TPSA) is 99.3 Å². The number of pyridine rings is 1. The molecule has 6 heteroatoms. The highest BCUT2D eigenvalue weighted by atomic mass is 16.4. The summed E-state index contributed by atoms with van der Waals surface area (Å²) in [6.07, 6.45) is 3.34. The van der Waals surface area contributed by atoms with Crippen LogP contribution < -0.4 is 10.9 Å². The van der Waals surface area contributed by atoms with Crippen molar-refractivity contribution in [3.8, 4) is 0 Å². The van der Waals surface area contributed by atoms with Crippen LogP contribution in [-0.2, 0) is 4.79 Å². The molecule has 2 atom stereocenters. The van der Waals surface area contributed by atoms with Gasteiger partial charge in [-0.2, -0.15) is 0 Å². The lowest BCUT2D eigenvalue weighted by molar-refractivity contribution is -0.148. The van der Waals surface area contributed by atoms with Gasteiger partial charge in [0.05, 0.1) is 5.41 Å². The first-order valence-electron chi connectivity index (χ1n) is 6.16. The first kappa shape index (κ1) is 13.3. The summed E-state index contributed by atoms with van der Waals surface area (Å²) >= 11 is 0. The predicted octanol–water partition coefficient (Wildman–Crippen LogP) is 0.748. The second kappa shape index (κ2) is 4.87. The van der Waals surface area contributed by atoms with Crippen LogP contribution in [0.3, 0.4) is 0 Å². The summed E-state index contributed by atoms with van der Waals surface area (Å²) in [6.45, 7) is 1.64. The Morgan fingerprint density at radius 3 is 2.89 bits per heavy atom. The summed E-state index contributed by atoms with van der Waals surface area (Å²) in [5.74, 6) is -1.31. The van der Waals surface area contributed by atoms with Crippen LogP contribution in [0.2, 0.25) is 0 Å². The number of nitrogens with one attached hydrogen (secondary N) is 2. The molecular weight excluding hydrogens is 248 g/mol. The quantitative estimate of drug-likeness (QED) is 0.750. The summed E-state index contributed by atoms with van der Waals surface area (Å²) in [5.41, 5.74) is -1.06. The Balaban J connectivity index is 2.15. The van der Waals surface area contributed by atoms with Crippen LogP contribution in [0, 0.1) is 5.41 Å². The minimum atomic E-state index is -0.934. The summed E-state index contributed by atoms with van der Waals surface area (Å²) in [5, 5.41) is 12.0. The molecule has 0 bridgehead atoms. The average molecular weight is 264 g/mol. The van der Waals surface area contributed by atoms with Crippen molar-refractivity contribution < 1.29 is 14.7 Å². The van der Waals surface area contributed by atoms with Crippen molar-refractivity contribution in [1.82, 2.24) is 10.3 Å². The van der Waals surface area contributed by atoms with Crippen LogP contribution in [0.4, 0.5) is 0 Å². The van der Waals surface area contributed by atoms with Crippen LogP contribution in [-0.4, -0.2) is 28.0 Å². The Bertz CT molecular complexity index is 566. The third-order valence-electron chi connectivity index (χ3n) is 3.79. The summed E-state index contributed by atoms with van der Waals surface area (Å²) in [6, 6.07) is 2.28. The number of carbonyl (C=O) groups is 2. The smallest absolute Gasteiger partial charge is 0.311 e. The highest BCUT2D eigenvalue weighted by Crippen LogP contribution is 2.38. The normalized spacial score (nSPS) is 26.1. The lowest BCUT2D eigenvalue weighted by atomic mass is 9.85. The van der Waals surface area contributed by atoms with E-state index in [0.29, 0.717) is 12.8 Å². The molecule has 2 unspecified atom stereocenters. The first-order valence-corrected chi connectivity index (χ1v) is 6.16. The van der Waals surface area contributed by atoms with Gasteiger partial charge < -0.3 is 15.4 Å². The molecule has 1 aliphatic carbocycles. The maximum absolute atomic E-state index is 12.0. The summed E-state index contributed by atoms with van der Waals surface area (Å²) in [4.78, 5) is 36.9. The van der Waals surface area contributed by atoms with Crippen LogP contribution in [0.1, 0.15) is 36.5 Å². The molecule has 1 fully saturated rings. The van der Waals surface area contributed by atoms with Gasteiger partial charge in [-0.05, 0) is 25.8 Å². The van der Waals surface area contributed by atoms with Gasteiger partial charge in [-0.25, -0.2) is 0 Å². The maximum atomic E-state index is 12.0. The minimum absolute atomic E-state index is 0.239. The molecule has 1 saturated carbocycles. The van der Waals surface area contributed by atoms with Gasteiger partial charge in [0.1, 0.15) is 0 Å². The lowest BCUT2D eigenvalue weighted by Crippen LogP contribution is -2.47. The van der Waals surface area contributed by atoms with Crippen LogP contribution in [0.25, 0.3) is 0 Å². The van der Waals surface area contributed by atoms with Crippen molar-refractivity contribution in [1.29, 1.82) is 0 Å². The fraction of sp³-hybridized carbons (Fsp3) is 0.462. The van der Waals surface area contributed by atoms with Crippen molar-refractivity contribution in [3.63, 3.8) is 0 Å². The third-order valence-corrected chi connectivity index (χ3v) is 3.79. The van der Waals surface area contributed by atoms with E-state index in [1.165, 1.54) is 18.3 Å². The van der Waals surface area contributed by atoms with Crippen molar-refractivity contribution in [2.24, 2.45) is 5.41 Å². The molecule has 6 nitrogen and oxygen atoms in total. The molecule has 1 aliphatic rings. The molecular formula is C13H16N2O4. The van der Waals surface area contributed by atoms with Crippen LogP contribution in [0.5, 0.6) is 0 Å². The molecule has 1 heterocycles. The molecule has 102 valence electrons. The maximum Gasteiger partial charge on any atom is 0.311 e. The van der Waals surface area contributed by atoms with Gasteiger partial charge in [0, 0.05) is 23.9 Å². The van der Waals surface area contributed by atoms with Gasteiger partial charge in [-0.3, -0.25) is 14.4 Å². The van der Waals surface area contributed by atoms with E-state index in [1.807, 2.05) is 0 Å². The number of aromatic amines is 1. The van der Waals surface area contributed by atoms with E-state index in [9.17, 15) is 19.5 Å². The van der Waals surface area contributed by atoms with Crippen LogP contribution >= 0.6 is 0 Å². The van der Waals surface area contributed by atoms with Crippen molar-refractivity contribution in [2.45, 2.75) is 32.2 Å². The van der Waals surface area contributed by atoms with Gasteiger partial charge in [0.25, 0.3) is 5.91 Å². The van der Waals surface area contributed by atoms with E-state index in [2.05, 4.69) is 10.3 Å². The van der Waals surface area contributed by atoms with E-state index in [1.54, 1.807) is 6.92 Å². The molecule has 0 aromatic carbocycles. The average Bonchev–Trinajstić information content (AvgIpc) is 2.72. The molecule has 1 amide bonds. The number of carboxylic acids is 1. The van der Waals surface area contributed by atoms with Gasteiger partial charge in [-0.15, -0.1) is 0 Å². The molecule has 1 aromatic heterocycles. The third kappa shape index (κ3) is 2.52. The van der Waals surface area contributed by atoms with E-state index in [4.69, 9.17) is 0 Å². The van der Waals surface area contributed by atoms with Crippen molar-refractivity contribution >= 4 is 11.9 Å². The molecule has 0 saturated heterocycles. The van der Waals surface area contributed by atoms with E-state index >= 15 is 0 Å².